The number of rotatable bonds is 4. The number of methoxy groups -OCH3 is 1. The lowest BCUT2D eigenvalue weighted by Crippen LogP contribution is -2.07. The van der Waals surface area contributed by atoms with Gasteiger partial charge in [-0.2, -0.15) is 5.10 Å². The fraction of sp³-hybridized carbons (Fsp3) is 0.273. The topological polar surface area (TPSA) is 50.7 Å². The van der Waals surface area contributed by atoms with E-state index in [1.54, 1.807) is 6.92 Å². The highest BCUT2D eigenvalue weighted by atomic mass is 16.5. The average Bonchev–Trinajstić information content (AvgIpc) is 2.27. The fourth-order valence-electron chi connectivity index (χ4n) is 0.993. The molecular weight excluding hydrogens is 192 g/mol. The lowest BCUT2D eigenvalue weighted by molar-refractivity contribution is -0.139. The molecule has 0 radical (unpaired) electrons. The Hall–Kier alpha value is -1.84. The van der Waals surface area contributed by atoms with Crippen molar-refractivity contribution >= 4 is 17.4 Å². The molecule has 0 saturated heterocycles. The van der Waals surface area contributed by atoms with Crippen LogP contribution in [0.25, 0.3) is 0 Å². The van der Waals surface area contributed by atoms with E-state index in [4.69, 9.17) is 0 Å². The van der Waals surface area contributed by atoms with Gasteiger partial charge < -0.3 is 4.74 Å². The number of benzene rings is 1. The summed E-state index contributed by atoms with van der Waals surface area (Å²) in [7, 11) is 1.36. The van der Waals surface area contributed by atoms with Crippen LogP contribution in [0.2, 0.25) is 0 Å². The molecule has 0 heterocycles. The maximum absolute atomic E-state index is 10.9. The van der Waals surface area contributed by atoms with Crippen molar-refractivity contribution in [2.75, 3.05) is 12.5 Å². The van der Waals surface area contributed by atoms with Crippen LogP contribution in [0.15, 0.2) is 35.4 Å². The van der Waals surface area contributed by atoms with Gasteiger partial charge in [0.15, 0.2) is 0 Å². The molecule has 0 amide bonds. The van der Waals surface area contributed by atoms with E-state index in [1.807, 2.05) is 30.3 Å². The Labute approximate surface area is 88.9 Å². The van der Waals surface area contributed by atoms with Crippen molar-refractivity contribution in [3.63, 3.8) is 0 Å². The molecule has 0 aromatic heterocycles. The summed E-state index contributed by atoms with van der Waals surface area (Å²) in [6, 6.07) is 9.54. The van der Waals surface area contributed by atoms with Crippen LogP contribution in [0.3, 0.4) is 0 Å². The number of hydrogen-bond donors (Lipinski definition) is 1. The third kappa shape index (κ3) is 4.26. The number of carbonyl (C=O) groups is 1. The minimum Gasteiger partial charge on any atom is -0.469 e. The van der Waals surface area contributed by atoms with Gasteiger partial charge in [0, 0.05) is 5.71 Å². The Kier molecular flexibility index (Phi) is 4.34. The highest BCUT2D eigenvalue weighted by Gasteiger charge is 2.01. The first-order chi connectivity index (χ1) is 7.22. The van der Waals surface area contributed by atoms with Crippen molar-refractivity contribution in [1.82, 2.24) is 0 Å². The van der Waals surface area contributed by atoms with Crippen LogP contribution in [-0.2, 0) is 9.53 Å². The molecule has 0 aliphatic carbocycles. The van der Waals surface area contributed by atoms with E-state index in [1.165, 1.54) is 7.11 Å². The summed E-state index contributed by atoms with van der Waals surface area (Å²) in [5.41, 5.74) is 4.43. The van der Waals surface area contributed by atoms with Crippen LogP contribution in [0.5, 0.6) is 0 Å². The molecule has 1 aromatic rings. The molecule has 1 aromatic carbocycles. The first kappa shape index (κ1) is 11.2. The Morgan fingerprint density at radius 1 is 1.40 bits per heavy atom. The lowest BCUT2D eigenvalue weighted by Gasteiger charge is -2.02. The van der Waals surface area contributed by atoms with Gasteiger partial charge >= 0.3 is 5.97 Å². The maximum Gasteiger partial charge on any atom is 0.311 e. The van der Waals surface area contributed by atoms with Crippen LogP contribution in [-0.4, -0.2) is 18.8 Å². The molecular formula is C11H14N2O2. The Morgan fingerprint density at radius 3 is 2.67 bits per heavy atom. The Balaban J connectivity index is 2.47. The smallest absolute Gasteiger partial charge is 0.311 e. The van der Waals surface area contributed by atoms with Crippen molar-refractivity contribution in [3.05, 3.63) is 30.3 Å². The van der Waals surface area contributed by atoms with Crippen LogP contribution >= 0.6 is 0 Å². The van der Waals surface area contributed by atoms with Crippen molar-refractivity contribution in [3.8, 4) is 0 Å². The van der Waals surface area contributed by atoms with Crippen LogP contribution in [0, 0.1) is 0 Å². The van der Waals surface area contributed by atoms with E-state index < -0.39 is 0 Å². The molecule has 15 heavy (non-hydrogen) atoms. The van der Waals surface area contributed by atoms with Gasteiger partial charge in [0.05, 0.1) is 19.2 Å². The van der Waals surface area contributed by atoms with E-state index >= 15 is 0 Å². The monoisotopic (exact) mass is 206 g/mol. The lowest BCUT2D eigenvalue weighted by atomic mass is 10.3. The normalized spacial score (nSPS) is 10.9. The maximum atomic E-state index is 10.9. The summed E-state index contributed by atoms with van der Waals surface area (Å²) in [5, 5.41) is 4.05. The number of carbonyl (C=O) groups excluding carboxylic acids is 1. The molecule has 0 fully saturated rings. The number of hydrogen-bond acceptors (Lipinski definition) is 4. The second-order valence-corrected chi connectivity index (χ2v) is 3.08. The summed E-state index contributed by atoms with van der Waals surface area (Å²) in [5.74, 6) is -0.286. The summed E-state index contributed by atoms with van der Waals surface area (Å²) in [6.45, 7) is 1.77. The largest absolute Gasteiger partial charge is 0.469 e. The zero-order valence-electron chi connectivity index (χ0n) is 8.86. The molecule has 4 heteroatoms. The molecule has 0 spiro atoms. The van der Waals surface area contributed by atoms with E-state index in [0.29, 0.717) is 5.71 Å². The van der Waals surface area contributed by atoms with Gasteiger partial charge in [0.1, 0.15) is 0 Å². The van der Waals surface area contributed by atoms with E-state index in [0.717, 1.165) is 5.69 Å². The minimum atomic E-state index is -0.286. The van der Waals surface area contributed by atoms with Crippen molar-refractivity contribution < 1.29 is 9.53 Å². The van der Waals surface area contributed by atoms with Crippen molar-refractivity contribution in [2.45, 2.75) is 13.3 Å². The second-order valence-electron chi connectivity index (χ2n) is 3.08. The first-order valence-electron chi connectivity index (χ1n) is 4.63. The van der Waals surface area contributed by atoms with E-state index in [-0.39, 0.29) is 12.4 Å². The van der Waals surface area contributed by atoms with Gasteiger partial charge in [0.25, 0.3) is 0 Å². The number of nitrogens with one attached hydrogen (secondary N) is 1. The summed E-state index contributed by atoms with van der Waals surface area (Å²) in [4.78, 5) is 10.9. The van der Waals surface area contributed by atoms with Gasteiger partial charge in [0.2, 0.25) is 0 Å². The fourth-order valence-corrected chi connectivity index (χ4v) is 0.993. The summed E-state index contributed by atoms with van der Waals surface area (Å²) >= 11 is 0. The average molecular weight is 206 g/mol. The van der Waals surface area contributed by atoms with Gasteiger partial charge in [-0.3, -0.25) is 10.2 Å². The van der Waals surface area contributed by atoms with Gasteiger partial charge in [-0.1, -0.05) is 18.2 Å². The molecule has 0 atom stereocenters. The number of nitrogens with zero attached hydrogens (tertiary/aromatic N) is 1. The molecule has 0 unspecified atom stereocenters. The Morgan fingerprint density at radius 2 is 2.07 bits per heavy atom. The standard InChI is InChI=1S/C11H14N2O2/c1-9(8-11(14)15-2)12-13-10-6-4-3-5-7-10/h3-7,13H,8H2,1-2H3/b12-9+. The SMILES string of the molecule is COC(=O)C/C(C)=N/Nc1ccccc1. The second kappa shape index (κ2) is 5.80. The molecule has 0 saturated carbocycles. The van der Waals surface area contributed by atoms with Crippen LogP contribution in [0.1, 0.15) is 13.3 Å². The quantitative estimate of drug-likeness (QED) is 0.466. The molecule has 80 valence electrons. The molecule has 0 bridgehead atoms. The number of anilines is 1. The van der Waals surface area contributed by atoms with Gasteiger partial charge in [-0.25, -0.2) is 0 Å². The van der Waals surface area contributed by atoms with Gasteiger partial charge in [-0.05, 0) is 19.1 Å². The first-order valence-corrected chi connectivity index (χ1v) is 4.63. The number of para-hydroxylation sites is 1. The van der Waals surface area contributed by atoms with E-state index in [2.05, 4.69) is 15.3 Å². The predicted octanol–water partition coefficient (Wildman–Crippen LogP) is 2.04. The zero-order valence-corrected chi connectivity index (χ0v) is 8.86. The zero-order chi connectivity index (χ0) is 11.1. The minimum absolute atomic E-state index is 0.205. The van der Waals surface area contributed by atoms with Crippen LogP contribution < -0.4 is 5.43 Å². The van der Waals surface area contributed by atoms with Crippen molar-refractivity contribution in [2.24, 2.45) is 5.10 Å². The summed E-state index contributed by atoms with van der Waals surface area (Å²) < 4.78 is 4.53. The highest BCUT2D eigenvalue weighted by Crippen LogP contribution is 2.04. The predicted molar refractivity (Wildman–Crippen MR) is 59.8 cm³/mol. The summed E-state index contributed by atoms with van der Waals surface area (Å²) in [6.07, 6.45) is 0.205. The van der Waals surface area contributed by atoms with Crippen LogP contribution in [0.4, 0.5) is 5.69 Å². The van der Waals surface area contributed by atoms with Gasteiger partial charge in [-0.15, -0.1) is 0 Å². The molecule has 1 N–H and O–H groups in total. The molecule has 1 rings (SSSR count). The number of hydrazone groups is 1. The number of ether oxygens (including phenoxy) is 1. The third-order valence-electron chi connectivity index (χ3n) is 1.78. The molecule has 0 aliphatic rings. The highest BCUT2D eigenvalue weighted by molar-refractivity contribution is 5.97. The molecule has 0 aliphatic heterocycles. The van der Waals surface area contributed by atoms with E-state index in [9.17, 15) is 4.79 Å². The van der Waals surface area contributed by atoms with Crippen molar-refractivity contribution in [1.29, 1.82) is 0 Å². The number of esters is 1. The Bertz CT molecular complexity index is 347. The molecule has 4 nitrogen and oxygen atoms in total. The third-order valence-corrected chi connectivity index (χ3v) is 1.78.